The van der Waals surface area contributed by atoms with Crippen molar-refractivity contribution in [3.63, 3.8) is 0 Å². The summed E-state index contributed by atoms with van der Waals surface area (Å²) in [4.78, 5) is 28.6. The number of aryl methyl sites for hydroxylation is 2. The zero-order chi connectivity index (χ0) is 28.7. The largest absolute Gasteiger partial charge is 0.352 e. The van der Waals surface area contributed by atoms with Crippen LogP contribution < -0.4 is 9.62 Å². The van der Waals surface area contributed by atoms with Crippen molar-refractivity contribution in [1.82, 2.24) is 10.2 Å². The number of nitrogens with one attached hydrogen (secondary N) is 1. The highest BCUT2D eigenvalue weighted by Gasteiger charge is 2.33. The van der Waals surface area contributed by atoms with Crippen LogP contribution in [0.25, 0.3) is 0 Å². The summed E-state index contributed by atoms with van der Waals surface area (Å²) < 4.78 is 29.8. The van der Waals surface area contributed by atoms with E-state index in [0.29, 0.717) is 11.3 Å². The Hall–Kier alpha value is -3.17. The average Bonchev–Trinajstić information content (AvgIpc) is 2.90. The molecule has 0 spiro atoms. The van der Waals surface area contributed by atoms with Crippen LogP contribution in [-0.2, 0) is 26.2 Å². The average molecular weight is 615 g/mol. The molecule has 0 aliphatic rings. The number of hydrogen-bond donors (Lipinski definition) is 1. The van der Waals surface area contributed by atoms with Crippen molar-refractivity contribution in [1.29, 1.82) is 0 Å². The summed E-state index contributed by atoms with van der Waals surface area (Å²) in [6.07, 6.45) is 0.744. The zero-order valence-corrected chi connectivity index (χ0v) is 25.4. The quantitative estimate of drug-likeness (QED) is 0.305. The number of nitrogens with zero attached hydrogens (tertiary/aromatic N) is 2. The predicted octanol–water partition coefficient (Wildman–Crippen LogP) is 5.59. The van der Waals surface area contributed by atoms with Crippen LogP contribution in [0.3, 0.4) is 0 Å². The molecule has 0 unspecified atom stereocenters. The molecule has 3 aromatic carbocycles. The Bertz CT molecular complexity index is 1410. The molecular weight excluding hydrogens is 578 g/mol. The minimum absolute atomic E-state index is 0.0619. The van der Waals surface area contributed by atoms with E-state index < -0.39 is 28.5 Å². The van der Waals surface area contributed by atoms with E-state index in [1.165, 1.54) is 4.90 Å². The fourth-order valence-corrected chi connectivity index (χ4v) is 6.00. The molecule has 0 saturated carbocycles. The fourth-order valence-electron chi connectivity index (χ4n) is 4.07. The summed E-state index contributed by atoms with van der Waals surface area (Å²) in [6, 6.07) is 20.2. The van der Waals surface area contributed by atoms with Gasteiger partial charge in [0.25, 0.3) is 10.0 Å². The molecule has 3 aromatic rings. The molecule has 0 bridgehead atoms. The third kappa shape index (κ3) is 7.70. The lowest BCUT2D eigenvalue weighted by Crippen LogP contribution is -2.52. The normalized spacial score (nSPS) is 12.9. The molecule has 1 N–H and O–H groups in total. The Morgan fingerprint density at radius 2 is 1.62 bits per heavy atom. The van der Waals surface area contributed by atoms with Crippen molar-refractivity contribution < 1.29 is 18.0 Å². The minimum Gasteiger partial charge on any atom is -0.352 e. The van der Waals surface area contributed by atoms with E-state index in [0.717, 1.165) is 26.3 Å². The second-order valence-corrected chi connectivity index (χ2v) is 12.5. The van der Waals surface area contributed by atoms with Crippen molar-refractivity contribution in [2.24, 2.45) is 0 Å². The van der Waals surface area contributed by atoms with Gasteiger partial charge in [-0.25, -0.2) is 8.42 Å². The Morgan fingerprint density at radius 3 is 2.23 bits per heavy atom. The number of sulfonamides is 1. The lowest BCUT2D eigenvalue weighted by atomic mass is 10.1. The van der Waals surface area contributed by atoms with Gasteiger partial charge >= 0.3 is 0 Å². The number of rotatable bonds is 11. The topological polar surface area (TPSA) is 86.8 Å². The Morgan fingerprint density at radius 1 is 0.949 bits per heavy atom. The van der Waals surface area contributed by atoms with Crippen LogP contribution >= 0.6 is 15.9 Å². The van der Waals surface area contributed by atoms with Gasteiger partial charge in [0.05, 0.1) is 10.6 Å². The first kappa shape index (κ1) is 30.4. The number of anilines is 1. The molecule has 0 aliphatic heterocycles. The highest BCUT2D eigenvalue weighted by Crippen LogP contribution is 2.27. The van der Waals surface area contributed by atoms with E-state index in [1.54, 1.807) is 56.3 Å². The van der Waals surface area contributed by atoms with Crippen molar-refractivity contribution in [3.05, 3.63) is 94.0 Å². The summed E-state index contributed by atoms with van der Waals surface area (Å²) >= 11 is 3.46. The maximum atomic E-state index is 14.0. The van der Waals surface area contributed by atoms with Gasteiger partial charge in [-0.15, -0.1) is 0 Å². The molecule has 0 saturated heterocycles. The van der Waals surface area contributed by atoms with Crippen LogP contribution in [0.1, 0.15) is 43.9 Å². The smallest absolute Gasteiger partial charge is 0.264 e. The van der Waals surface area contributed by atoms with Gasteiger partial charge in [-0.2, -0.15) is 0 Å². The lowest BCUT2D eigenvalue weighted by molar-refractivity contribution is -0.139. The van der Waals surface area contributed by atoms with Crippen LogP contribution in [0.4, 0.5) is 5.69 Å². The van der Waals surface area contributed by atoms with Gasteiger partial charge in [0.2, 0.25) is 11.8 Å². The van der Waals surface area contributed by atoms with Crippen molar-refractivity contribution in [3.8, 4) is 0 Å². The van der Waals surface area contributed by atoms with Crippen LogP contribution in [-0.4, -0.2) is 43.8 Å². The molecule has 208 valence electrons. The molecule has 0 aliphatic carbocycles. The van der Waals surface area contributed by atoms with E-state index >= 15 is 0 Å². The summed E-state index contributed by atoms with van der Waals surface area (Å²) in [7, 11) is -4.09. The van der Waals surface area contributed by atoms with Crippen LogP contribution in [0, 0.1) is 13.8 Å². The van der Waals surface area contributed by atoms with Crippen LogP contribution in [0.2, 0.25) is 0 Å². The van der Waals surface area contributed by atoms with Gasteiger partial charge in [0.15, 0.2) is 0 Å². The molecule has 9 heteroatoms. The van der Waals surface area contributed by atoms with Gasteiger partial charge < -0.3 is 10.2 Å². The van der Waals surface area contributed by atoms with Crippen LogP contribution in [0.5, 0.6) is 0 Å². The van der Waals surface area contributed by atoms with Gasteiger partial charge in [0, 0.05) is 17.1 Å². The minimum atomic E-state index is -4.09. The lowest BCUT2D eigenvalue weighted by Gasteiger charge is -2.33. The second-order valence-electron chi connectivity index (χ2n) is 9.76. The second kappa shape index (κ2) is 13.3. The van der Waals surface area contributed by atoms with Gasteiger partial charge in [-0.3, -0.25) is 13.9 Å². The summed E-state index contributed by atoms with van der Waals surface area (Å²) in [5.74, 6) is -0.780. The number of para-hydroxylation sites is 1. The van der Waals surface area contributed by atoms with E-state index in [-0.39, 0.29) is 23.4 Å². The monoisotopic (exact) mass is 613 g/mol. The Balaban J connectivity index is 2.04. The number of carbonyl (C=O) groups is 2. The molecule has 2 atom stereocenters. The van der Waals surface area contributed by atoms with Gasteiger partial charge in [0.1, 0.15) is 12.6 Å². The zero-order valence-electron chi connectivity index (χ0n) is 23.0. The Kier molecular flexibility index (Phi) is 10.3. The first-order valence-corrected chi connectivity index (χ1v) is 15.2. The van der Waals surface area contributed by atoms with E-state index in [1.807, 2.05) is 51.1 Å². The van der Waals surface area contributed by atoms with Gasteiger partial charge in [-0.1, -0.05) is 70.9 Å². The fraction of sp³-hybridized carbons (Fsp3) is 0.333. The van der Waals surface area contributed by atoms with Crippen LogP contribution in [0.15, 0.2) is 82.2 Å². The Labute approximate surface area is 240 Å². The predicted molar refractivity (Wildman–Crippen MR) is 159 cm³/mol. The highest BCUT2D eigenvalue weighted by molar-refractivity contribution is 9.10. The molecule has 3 rings (SSSR count). The number of benzene rings is 3. The number of halogens is 1. The van der Waals surface area contributed by atoms with E-state index in [9.17, 15) is 18.0 Å². The molecule has 0 aromatic heterocycles. The van der Waals surface area contributed by atoms with Gasteiger partial charge in [-0.05, 0) is 75.6 Å². The maximum absolute atomic E-state index is 14.0. The molecule has 0 heterocycles. The molecule has 7 nitrogen and oxygen atoms in total. The van der Waals surface area contributed by atoms with Crippen molar-refractivity contribution in [2.45, 2.75) is 64.6 Å². The van der Waals surface area contributed by atoms with Crippen molar-refractivity contribution in [2.75, 3.05) is 10.8 Å². The third-order valence-electron chi connectivity index (χ3n) is 6.68. The van der Waals surface area contributed by atoms with Crippen molar-refractivity contribution >= 4 is 43.5 Å². The highest BCUT2D eigenvalue weighted by atomic mass is 79.9. The third-order valence-corrected chi connectivity index (χ3v) is 8.95. The van der Waals surface area contributed by atoms with E-state index in [4.69, 9.17) is 0 Å². The van der Waals surface area contributed by atoms with E-state index in [2.05, 4.69) is 21.2 Å². The maximum Gasteiger partial charge on any atom is 0.264 e. The summed E-state index contributed by atoms with van der Waals surface area (Å²) in [6.45, 7) is 8.90. The molecule has 0 fully saturated rings. The molecule has 2 amide bonds. The SMILES string of the molecule is CC[C@@H](C)NC(=O)[C@@H](C)N(Cc1cccc(Br)c1)C(=O)CN(c1ccccc1C)S(=O)(=O)c1ccc(C)cc1. The first-order valence-electron chi connectivity index (χ1n) is 12.9. The number of hydrogen-bond acceptors (Lipinski definition) is 4. The summed E-state index contributed by atoms with van der Waals surface area (Å²) in [5.41, 5.74) is 2.85. The molecular formula is C30H36BrN3O4S. The first-order chi connectivity index (χ1) is 18.4. The summed E-state index contributed by atoms with van der Waals surface area (Å²) in [5, 5.41) is 2.94. The molecule has 39 heavy (non-hydrogen) atoms. The standard InChI is InChI=1S/C30H36BrN3O4S/c1-6-23(4)32-30(36)24(5)33(19-25-11-9-12-26(31)18-25)29(35)20-34(28-13-8-7-10-22(28)3)39(37,38)27-16-14-21(2)15-17-27/h7-18,23-24H,6,19-20H2,1-5H3,(H,32,36)/t23-,24-/m1/s1. The number of carbonyl (C=O) groups excluding carboxylic acids is 2. The molecule has 0 radical (unpaired) electrons. The number of amides is 2.